The number of halogens is 7. The maximum absolute atomic E-state index is 13.1. The van der Waals surface area contributed by atoms with E-state index in [1.165, 1.54) is 12.1 Å². The van der Waals surface area contributed by atoms with E-state index in [1.807, 2.05) is 0 Å². The van der Waals surface area contributed by atoms with Gasteiger partial charge < -0.3 is 14.8 Å². The molecule has 1 aliphatic rings. The summed E-state index contributed by atoms with van der Waals surface area (Å²) in [7, 11) is 0. The number of carbonyl (C=O) groups is 1. The van der Waals surface area contributed by atoms with E-state index < -0.39 is 47.5 Å². The van der Waals surface area contributed by atoms with Crippen LogP contribution in [0.5, 0.6) is 0 Å². The summed E-state index contributed by atoms with van der Waals surface area (Å²) in [5.74, 6) is -0.962. The minimum Gasteiger partial charge on any atom is -0.350 e. The van der Waals surface area contributed by atoms with Crippen molar-refractivity contribution in [2.75, 3.05) is 13.2 Å². The van der Waals surface area contributed by atoms with Gasteiger partial charge in [-0.2, -0.15) is 26.3 Å². The van der Waals surface area contributed by atoms with Crippen LogP contribution in [0, 0.1) is 5.82 Å². The molecule has 0 unspecified atom stereocenters. The molecule has 0 bridgehead atoms. The predicted molar refractivity (Wildman–Crippen MR) is 93.1 cm³/mol. The van der Waals surface area contributed by atoms with Crippen molar-refractivity contribution in [3.05, 3.63) is 70.5 Å². The number of morpholine rings is 1. The van der Waals surface area contributed by atoms with Gasteiger partial charge in [0.1, 0.15) is 18.5 Å². The topological polar surface area (TPSA) is 47.6 Å². The monoisotopic (exact) mass is 451 g/mol. The van der Waals surface area contributed by atoms with E-state index >= 15 is 0 Å². The minimum absolute atomic E-state index is 0.0503. The van der Waals surface area contributed by atoms with Crippen LogP contribution in [0.15, 0.2) is 42.5 Å². The summed E-state index contributed by atoms with van der Waals surface area (Å²) < 4.78 is 102. The molecule has 2 atom stereocenters. The normalized spacial score (nSPS) is 19.9. The summed E-state index contributed by atoms with van der Waals surface area (Å²) in [6.07, 6.45) is -11.2. The zero-order valence-corrected chi connectivity index (χ0v) is 15.7. The highest BCUT2D eigenvalue weighted by Gasteiger charge is 2.37. The van der Waals surface area contributed by atoms with E-state index in [-0.39, 0.29) is 31.3 Å². The fraction of sp³-hybridized carbons (Fsp3) is 0.350. The molecule has 2 aromatic carbocycles. The number of hydrogen-bond donors (Lipinski definition) is 1. The average Bonchev–Trinajstić information content (AvgIpc) is 2.68. The van der Waals surface area contributed by atoms with Crippen LogP contribution in [-0.2, 0) is 33.0 Å². The molecule has 0 saturated carbocycles. The third kappa shape index (κ3) is 5.95. The number of carbonyl (C=O) groups excluding carboxylic acids is 1. The lowest BCUT2D eigenvalue weighted by Crippen LogP contribution is -2.47. The van der Waals surface area contributed by atoms with Crippen molar-refractivity contribution >= 4 is 5.91 Å². The predicted octanol–water partition coefficient (Wildman–Crippen LogP) is 4.64. The van der Waals surface area contributed by atoms with Crippen LogP contribution in [0.1, 0.15) is 28.3 Å². The highest BCUT2D eigenvalue weighted by atomic mass is 19.4. The van der Waals surface area contributed by atoms with Crippen LogP contribution in [-0.4, -0.2) is 25.4 Å². The first-order valence-electron chi connectivity index (χ1n) is 9.00. The van der Waals surface area contributed by atoms with Crippen molar-refractivity contribution in [1.29, 1.82) is 0 Å². The maximum atomic E-state index is 13.1. The summed E-state index contributed by atoms with van der Waals surface area (Å²) in [6.45, 7) is -0.624. The number of alkyl halides is 6. The SMILES string of the molecule is O=C1CO[C@@H](OCCc2cc(C(F)(F)F)cc(C(F)(F)F)c2)[C@H](c2ccc(F)cc2)N1. The van der Waals surface area contributed by atoms with E-state index in [9.17, 15) is 35.5 Å². The van der Waals surface area contributed by atoms with E-state index in [0.29, 0.717) is 17.7 Å². The molecule has 1 heterocycles. The summed E-state index contributed by atoms with van der Waals surface area (Å²) >= 11 is 0. The van der Waals surface area contributed by atoms with Crippen LogP contribution < -0.4 is 5.32 Å². The summed E-state index contributed by atoms with van der Waals surface area (Å²) in [5, 5.41) is 2.60. The van der Waals surface area contributed by atoms with Crippen LogP contribution in [0.25, 0.3) is 0 Å². The van der Waals surface area contributed by atoms with Crippen LogP contribution >= 0.6 is 0 Å². The second-order valence-electron chi connectivity index (χ2n) is 6.81. The van der Waals surface area contributed by atoms with Crippen LogP contribution in [0.2, 0.25) is 0 Å². The molecule has 11 heteroatoms. The Hall–Kier alpha value is -2.66. The number of amides is 1. The fourth-order valence-corrected chi connectivity index (χ4v) is 3.05. The van der Waals surface area contributed by atoms with Crippen molar-refractivity contribution in [2.45, 2.75) is 31.1 Å². The Morgan fingerprint density at radius 1 is 0.968 bits per heavy atom. The number of hydrogen-bond acceptors (Lipinski definition) is 3. The largest absolute Gasteiger partial charge is 0.416 e. The van der Waals surface area contributed by atoms with Gasteiger partial charge in [-0.3, -0.25) is 4.79 Å². The van der Waals surface area contributed by atoms with Crippen molar-refractivity contribution in [2.24, 2.45) is 0 Å². The molecule has 1 saturated heterocycles. The zero-order valence-electron chi connectivity index (χ0n) is 15.7. The van der Waals surface area contributed by atoms with Crippen molar-refractivity contribution in [3.63, 3.8) is 0 Å². The van der Waals surface area contributed by atoms with E-state index in [0.717, 1.165) is 12.1 Å². The van der Waals surface area contributed by atoms with Gasteiger partial charge in [0.15, 0.2) is 6.29 Å². The molecule has 0 aromatic heterocycles. The molecule has 1 fully saturated rings. The van der Waals surface area contributed by atoms with Crippen LogP contribution in [0.3, 0.4) is 0 Å². The van der Waals surface area contributed by atoms with Gasteiger partial charge in [0.2, 0.25) is 5.91 Å². The van der Waals surface area contributed by atoms with Gasteiger partial charge in [0, 0.05) is 0 Å². The van der Waals surface area contributed by atoms with Crippen molar-refractivity contribution < 1.29 is 45.0 Å². The summed E-state index contributed by atoms with van der Waals surface area (Å²) in [4.78, 5) is 11.6. The minimum atomic E-state index is -4.94. The lowest BCUT2D eigenvalue weighted by atomic mass is 10.0. The Kier molecular flexibility index (Phi) is 6.56. The highest BCUT2D eigenvalue weighted by Crippen LogP contribution is 2.36. The number of ether oxygens (including phenoxy) is 2. The number of benzene rings is 2. The molecular formula is C20H16F7NO3. The first-order valence-corrected chi connectivity index (χ1v) is 9.00. The second kappa shape index (κ2) is 8.83. The molecule has 168 valence electrons. The Labute approximate surface area is 171 Å². The first kappa shape index (κ1) is 23.0. The van der Waals surface area contributed by atoms with Crippen molar-refractivity contribution in [3.8, 4) is 0 Å². The Bertz CT molecular complexity index is 894. The van der Waals surface area contributed by atoms with Gasteiger partial charge in [-0.1, -0.05) is 12.1 Å². The third-order valence-corrected chi connectivity index (χ3v) is 4.52. The fourth-order valence-electron chi connectivity index (χ4n) is 3.05. The van der Waals surface area contributed by atoms with Crippen molar-refractivity contribution in [1.82, 2.24) is 5.32 Å². The van der Waals surface area contributed by atoms with Gasteiger partial charge >= 0.3 is 12.4 Å². The molecule has 0 radical (unpaired) electrons. The third-order valence-electron chi connectivity index (χ3n) is 4.52. The smallest absolute Gasteiger partial charge is 0.350 e. The molecule has 1 N–H and O–H groups in total. The second-order valence-corrected chi connectivity index (χ2v) is 6.81. The summed E-state index contributed by atoms with van der Waals surface area (Å²) in [6, 6.07) is 5.59. The Balaban J connectivity index is 1.73. The van der Waals surface area contributed by atoms with Crippen LogP contribution in [0.4, 0.5) is 30.7 Å². The molecule has 4 nitrogen and oxygen atoms in total. The van der Waals surface area contributed by atoms with Gasteiger partial charge in [0.25, 0.3) is 0 Å². The van der Waals surface area contributed by atoms with Gasteiger partial charge in [-0.05, 0) is 47.9 Å². The molecule has 1 amide bonds. The molecular weight excluding hydrogens is 435 g/mol. The molecule has 3 rings (SSSR count). The summed E-state index contributed by atoms with van der Waals surface area (Å²) in [5.41, 5.74) is -2.59. The van der Waals surface area contributed by atoms with Gasteiger partial charge in [-0.25, -0.2) is 4.39 Å². The van der Waals surface area contributed by atoms with E-state index in [2.05, 4.69) is 5.32 Å². The molecule has 2 aromatic rings. The molecule has 1 aliphatic heterocycles. The molecule has 31 heavy (non-hydrogen) atoms. The highest BCUT2D eigenvalue weighted by molar-refractivity contribution is 5.78. The molecule has 0 aliphatic carbocycles. The number of rotatable bonds is 5. The lowest BCUT2D eigenvalue weighted by molar-refractivity contribution is -0.186. The van der Waals surface area contributed by atoms with Gasteiger partial charge in [0.05, 0.1) is 17.7 Å². The zero-order chi connectivity index (χ0) is 22.8. The first-order chi connectivity index (χ1) is 14.4. The number of nitrogens with one attached hydrogen (secondary N) is 1. The van der Waals surface area contributed by atoms with E-state index in [1.54, 1.807) is 0 Å². The van der Waals surface area contributed by atoms with E-state index in [4.69, 9.17) is 9.47 Å². The quantitative estimate of drug-likeness (QED) is 0.675. The molecule has 0 spiro atoms. The standard InChI is InChI=1S/C20H16F7NO3/c21-15-3-1-12(2-4-15)17-18(31-10-16(29)28-17)30-6-5-11-7-13(19(22,23)24)9-14(8-11)20(25,26)27/h1-4,7-9,17-18H,5-6,10H2,(H,28,29)/t17-,18+/m0/s1. The Morgan fingerprint density at radius 2 is 1.55 bits per heavy atom. The Morgan fingerprint density at radius 3 is 2.10 bits per heavy atom. The average molecular weight is 451 g/mol. The maximum Gasteiger partial charge on any atom is 0.416 e. The van der Waals surface area contributed by atoms with Gasteiger partial charge in [-0.15, -0.1) is 0 Å². The lowest BCUT2D eigenvalue weighted by Gasteiger charge is -2.32.